The molecule has 1 amide bonds. The quantitative estimate of drug-likeness (QED) is 0.831. The minimum Gasteiger partial charge on any atom is -0.353 e. The van der Waals surface area contributed by atoms with E-state index in [2.05, 4.69) is 37.4 Å². The van der Waals surface area contributed by atoms with Gasteiger partial charge in [-0.2, -0.15) is 0 Å². The summed E-state index contributed by atoms with van der Waals surface area (Å²) in [4.78, 5) is 12.0. The summed E-state index contributed by atoms with van der Waals surface area (Å²) in [6.45, 7) is 4.57. The van der Waals surface area contributed by atoms with Crippen LogP contribution in [0.3, 0.4) is 0 Å². The second-order valence-electron chi connectivity index (χ2n) is 5.35. The maximum Gasteiger partial charge on any atom is 0.224 e. The Labute approximate surface area is 109 Å². The molecular weight excluding hydrogens is 224 g/mol. The molecule has 98 valence electrons. The average molecular weight is 246 g/mol. The fourth-order valence-electron chi connectivity index (χ4n) is 2.12. The highest BCUT2D eigenvalue weighted by Crippen LogP contribution is 2.20. The molecule has 0 aliphatic heterocycles. The summed E-state index contributed by atoms with van der Waals surface area (Å²) in [5.41, 5.74) is 9.44. The van der Waals surface area contributed by atoms with Crippen LogP contribution in [0.4, 0.5) is 0 Å². The van der Waals surface area contributed by atoms with Crippen LogP contribution in [0.5, 0.6) is 0 Å². The third-order valence-electron chi connectivity index (χ3n) is 3.55. The first-order valence-corrected chi connectivity index (χ1v) is 6.66. The third kappa shape index (κ3) is 3.33. The summed E-state index contributed by atoms with van der Waals surface area (Å²) in [7, 11) is 0. The number of amides is 1. The van der Waals surface area contributed by atoms with E-state index in [1.165, 1.54) is 16.7 Å². The van der Waals surface area contributed by atoms with Crippen molar-refractivity contribution in [2.45, 2.75) is 39.2 Å². The van der Waals surface area contributed by atoms with Crippen LogP contribution >= 0.6 is 0 Å². The van der Waals surface area contributed by atoms with Gasteiger partial charge >= 0.3 is 0 Å². The van der Waals surface area contributed by atoms with Gasteiger partial charge < -0.3 is 11.1 Å². The van der Waals surface area contributed by atoms with E-state index < -0.39 is 0 Å². The standard InChI is InChI=1S/C15H22N2O/c1-10-3-4-11(2)12(7-10)8-13(9-16)15(18)17-14-5-6-14/h3-4,7,13-14H,5-6,8-9,16H2,1-2H3,(H,17,18). The molecule has 18 heavy (non-hydrogen) atoms. The molecular formula is C15H22N2O. The second kappa shape index (κ2) is 5.53. The molecule has 3 N–H and O–H groups in total. The van der Waals surface area contributed by atoms with Gasteiger partial charge in [-0.3, -0.25) is 4.79 Å². The Kier molecular flexibility index (Phi) is 4.02. The number of carbonyl (C=O) groups is 1. The summed E-state index contributed by atoms with van der Waals surface area (Å²) >= 11 is 0. The summed E-state index contributed by atoms with van der Waals surface area (Å²) in [5, 5.41) is 3.04. The first kappa shape index (κ1) is 13.1. The SMILES string of the molecule is Cc1ccc(C)c(CC(CN)C(=O)NC2CC2)c1. The van der Waals surface area contributed by atoms with E-state index in [4.69, 9.17) is 5.73 Å². The Morgan fingerprint density at radius 1 is 1.44 bits per heavy atom. The molecule has 1 aromatic carbocycles. The fourth-order valence-corrected chi connectivity index (χ4v) is 2.12. The Morgan fingerprint density at radius 3 is 2.78 bits per heavy atom. The highest BCUT2D eigenvalue weighted by atomic mass is 16.2. The lowest BCUT2D eigenvalue weighted by atomic mass is 9.94. The van der Waals surface area contributed by atoms with E-state index in [0.29, 0.717) is 12.6 Å². The smallest absolute Gasteiger partial charge is 0.224 e. The van der Waals surface area contributed by atoms with E-state index in [0.717, 1.165) is 19.3 Å². The van der Waals surface area contributed by atoms with E-state index in [9.17, 15) is 4.79 Å². The average Bonchev–Trinajstić information content (AvgIpc) is 3.14. The molecule has 3 heteroatoms. The summed E-state index contributed by atoms with van der Waals surface area (Å²) < 4.78 is 0. The molecule has 0 radical (unpaired) electrons. The van der Waals surface area contributed by atoms with Gasteiger partial charge in [-0.15, -0.1) is 0 Å². The van der Waals surface area contributed by atoms with Gasteiger partial charge in [0.1, 0.15) is 0 Å². The Bertz CT molecular complexity index is 438. The number of nitrogens with two attached hydrogens (primary N) is 1. The predicted octanol–water partition coefficient (Wildman–Crippen LogP) is 1.70. The van der Waals surface area contributed by atoms with Gasteiger partial charge in [-0.25, -0.2) is 0 Å². The molecule has 1 aliphatic rings. The monoisotopic (exact) mass is 246 g/mol. The first-order valence-electron chi connectivity index (χ1n) is 6.66. The topological polar surface area (TPSA) is 55.1 Å². The molecule has 1 saturated carbocycles. The van der Waals surface area contributed by atoms with Crippen molar-refractivity contribution < 1.29 is 4.79 Å². The first-order chi connectivity index (χ1) is 8.60. The zero-order valence-electron chi connectivity index (χ0n) is 11.2. The molecule has 1 aliphatic carbocycles. The van der Waals surface area contributed by atoms with Gasteiger partial charge in [0.05, 0.1) is 5.92 Å². The number of hydrogen-bond acceptors (Lipinski definition) is 2. The largest absolute Gasteiger partial charge is 0.353 e. The lowest BCUT2D eigenvalue weighted by Crippen LogP contribution is -2.37. The van der Waals surface area contributed by atoms with Gasteiger partial charge in [0, 0.05) is 12.6 Å². The van der Waals surface area contributed by atoms with Crippen LogP contribution in [0.25, 0.3) is 0 Å². The van der Waals surface area contributed by atoms with Crippen molar-refractivity contribution >= 4 is 5.91 Å². The van der Waals surface area contributed by atoms with Gasteiger partial charge in [-0.05, 0) is 44.2 Å². The molecule has 3 nitrogen and oxygen atoms in total. The fraction of sp³-hybridized carbons (Fsp3) is 0.533. The normalized spacial score (nSPS) is 16.4. The van der Waals surface area contributed by atoms with Crippen molar-refractivity contribution in [2.24, 2.45) is 11.7 Å². The zero-order valence-corrected chi connectivity index (χ0v) is 11.2. The molecule has 0 spiro atoms. The lowest BCUT2D eigenvalue weighted by molar-refractivity contribution is -0.124. The van der Waals surface area contributed by atoms with Crippen LogP contribution in [-0.2, 0) is 11.2 Å². The molecule has 1 unspecified atom stereocenters. The van der Waals surface area contributed by atoms with Crippen molar-refractivity contribution in [3.05, 3.63) is 34.9 Å². The number of hydrogen-bond donors (Lipinski definition) is 2. The number of carbonyl (C=O) groups excluding carboxylic acids is 1. The van der Waals surface area contributed by atoms with Crippen LogP contribution in [0.2, 0.25) is 0 Å². The van der Waals surface area contributed by atoms with Crippen molar-refractivity contribution in [3.63, 3.8) is 0 Å². The van der Waals surface area contributed by atoms with Gasteiger partial charge in [0.2, 0.25) is 5.91 Å². The summed E-state index contributed by atoms with van der Waals surface area (Å²) in [6, 6.07) is 6.77. The summed E-state index contributed by atoms with van der Waals surface area (Å²) in [5.74, 6) is 0.00649. The Balaban J connectivity index is 2.04. The van der Waals surface area contributed by atoms with E-state index >= 15 is 0 Å². The lowest BCUT2D eigenvalue weighted by Gasteiger charge is -2.16. The maximum atomic E-state index is 12.0. The maximum absolute atomic E-state index is 12.0. The van der Waals surface area contributed by atoms with Crippen molar-refractivity contribution in [1.29, 1.82) is 0 Å². The van der Waals surface area contributed by atoms with Crippen LogP contribution in [0.1, 0.15) is 29.5 Å². The molecule has 0 aromatic heterocycles. The summed E-state index contributed by atoms with van der Waals surface area (Å²) in [6.07, 6.45) is 2.97. The van der Waals surface area contributed by atoms with Gasteiger partial charge in [0.25, 0.3) is 0 Å². The van der Waals surface area contributed by atoms with Crippen LogP contribution in [0, 0.1) is 19.8 Å². The number of rotatable bonds is 5. The van der Waals surface area contributed by atoms with E-state index in [1.807, 2.05) is 0 Å². The Morgan fingerprint density at radius 2 is 2.17 bits per heavy atom. The predicted molar refractivity (Wildman–Crippen MR) is 73.3 cm³/mol. The highest BCUT2D eigenvalue weighted by molar-refractivity contribution is 5.79. The van der Waals surface area contributed by atoms with Crippen LogP contribution < -0.4 is 11.1 Å². The minimum atomic E-state index is -0.105. The van der Waals surface area contributed by atoms with Gasteiger partial charge in [-0.1, -0.05) is 23.8 Å². The van der Waals surface area contributed by atoms with Crippen molar-refractivity contribution in [3.8, 4) is 0 Å². The molecule has 2 rings (SSSR count). The molecule has 0 saturated heterocycles. The Hall–Kier alpha value is -1.35. The number of benzene rings is 1. The number of nitrogens with one attached hydrogen (secondary N) is 1. The molecule has 0 bridgehead atoms. The molecule has 1 fully saturated rings. The second-order valence-corrected chi connectivity index (χ2v) is 5.35. The van der Waals surface area contributed by atoms with Gasteiger partial charge in [0.15, 0.2) is 0 Å². The molecule has 1 aromatic rings. The molecule has 1 atom stereocenters. The number of aryl methyl sites for hydroxylation is 2. The van der Waals surface area contributed by atoms with Crippen molar-refractivity contribution in [1.82, 2.24) is 5.32 Å². The zero-order chi connectivity index (χ0) is 13.1. The van der Waals surface area contributed by atoms with Crippen molar-refractivity contribution in [2.75, 3.05) is 6.54 Å². The van der Waals surface area contributed by atoms with E-state index in [-0.39, 0.29) is 11.8 Å². The third-order valence-corrected chi connectivity index (χ3v) is 3.55. The minimum absolute atomic E-state index is 0.105. The molecule has 0 heterocycles. The highest BCUT2D eigenvalue weighted by Gasteiger charge is 2.27. The van der Waals surface area contributed by atoms with E-state index in [1.54, 1.807) is 0 Å². The van der Waals surface area contributed by atoms with Crippen LogP contribution in [0.15, 0.2) is 18.2 Å². The van der Waals surface area contributed by atoms with Crippen LogP contribution in [-0.4, -0.2) is 18.5 Å².